The van der Waals surface area contributed by atoms with Gasteiger partial charge in [-0.05, 0) is 25.1 Å². The molecule has 1 saturated heterocycles. The molecule has 1 aliphatic rings. The summed E-state index contributed by atoms with van der Waals surface area (Å²) in [6, 6.07) is 10.6. The quantitative estimate of drug-likeness (QED) is 0.916. The summed E-state index contributed by atoms with van der Waals surface area (Å²) in [5, 5.41) is 4.63. The van der Waals surface area contributed by atoms with Crippen LogP contribution in [0.3, 0.4) is 0 Å². The molecule has 1 unspecified atom stereocenters. The lowest BCUT2D eigenvalue weighted by molar-refractivity contribution is 0.121. The number of aromatic nitrogens is 1. The lowest BCUT2D eigenvalue weighted by atomic mass is 10.1. The van der Waals surface area contributed by atoms with Gasteiger partial charge in [-0.3, -0.25) is 0 Å². The number of hydrogen-bond donors (Lipinski definition) is 1. The smallest absolute Gasteiger partial charge is 0.133 e. The summed E-state index contributed by atoms with van der Waals surface area (Å²) in [5.41, 5.74) is 2.33. The highest BCUT2D eigenvalue weighted by atomic mass is 16.5. The van der Waals surface area contributed by atoms with Crippen molar-refractivity contribution in [3.05, 3.63) is 35.9 Å². The van der Waals surface area contributed by atoms with Gasteiger partial charge in [0.25, 0.3) is 0 Å². The fourth-order valence-corrected chi connectivity index (χ4v) is 2.93. The van der Waals surface area contributed by atoms with Crippen LogP contribution in [-0.4, -0.2) is 37.8 Å². The van der Waals surface area contributed by atoms with Crippen molar-refractivity contribution in [2.45, 2.75) is 26.0 Å². The predicted octanol–water partition coefficient (Wildman–Crippen LogP) is 2.57. The fraction of sp³-hybridized carbons (Fsp3) is 0.471. The normalized spacial score (nSPS) is 18.6. The molecule has 1 aromatic carbocycles. The molecule has 0 radical (unpaired) electrons. The van der Waals surface area contributed by atoms with Crippen molar-refractivity contribution in [2.24, 2.45) is 0 Å². The average Bonchev–Trinajstić information content (AvgIpc) is 3.01. The molecule has 1 aromatic heterocycles. The fourth-order valence-electron chi connectivity index (χ4n) is 2.93. The largest absolute Gasteiger partial charge is 0.380 e. The van der Waals surface area contributed by atoms with E-state index in [1.54, 1.807) is 7.11 Å². The zero-order chi connectivity index (χ0) is 14.7. The minimum absolute atomic E-state index is 0.324. The highest BCUT2D eigenvalue weighted by molar-refractivity contribution is 5.81. The number of anilines is 1. The summed E-state index contributed by atoms with van der Waals surface area (Å²) < 4.78 is 5.49. The van der Waals surface area contributed by atoms with Crippen LogP contribution in [0, 0.1) is 0 Å². The Kier molecular flexibility index (Phi) is 4.36. The van der Waals surface area contributed by atoms with Gasteiger partial charge in [0, 0.05) is 37.7 Å². The zero-order valence-corrected chi connectivity index (χ0v) is 12.8. The van der Waals surface area contributed by atoms with Crippen LogP contribution >= 0.6 is 0 Å². The van der Waals surface area contributed by atoms with E-state index in [9.17, 15) is 0 Å². The van der Waals surface area contributed by atoms with Crippen LogP contribution in [0.2, 0.25) is 0 Å². The van der Waals surface area contributed by atoms with E-state index in [1.165, 1.54) is 10.9 Å². The second kappa shape index (κ2) is 6.41. The maximum atomic E-state index is 5.49. The molecule has 0 saturated carbocycles. The van der Waals surface area contributed by atoms with Crippen molar-refractivity contribution in [3.63, 3.8) is 0 Å². The van der Waals surface area contributed by atoms with E-state index >= 15 is 0 Å². The maximum absolute atomic E-state index is 5.49. The first kappa shape index (κ1) is 14.3. The summed E-state index contributed by atoms with van der Waals surface area (Å²) >= 11 is 0. The molecule has 1 N–H and O–H groups in total. The van der Waals surface area contributed by atoms with Gasteiger partial charge in [-0.15, -0.1) is 0 Å². The standard InChI is InChI=1S/C17H23N3O/c1-3-18-11-14-10-13-6-4-5-7-16(13)19-17(14)20-9-8-15(12-20)21-2/h4-7,10,15,18H,3,8-9,11-12H2,1-2H3. The third kappa shape index (κ3) is 3.01. The van der Waals surface area contributed by atoms with Crippen molar-refractivity contribution in [1.82, 2.24) is 10.3 Å². The summed E-state index contributed by atoms with van der Waals surface area (Å²) in [6.45, 7) is 5.90. The third-order valence-electron chi connectivity index (χ3n) is 4.12. The van der Waals surface area contributed by atoms with E-state index in [-0.39, 0.29) is 0 Å². The molecule has 4 nitrogen and oxygen atoms in total. The summed E-state index contributed by atoms with van der Waals surface area (Å²) in [4.78, 5) is 7.26. The monoisotopic (exact) mass is 285 g/mol. The van der Waals surface area contributed by atoms with E-state index in [2.05, 4.69) is 41.4 Å². The molecule has 0 spiro atoms. The van der Waals surface area contributed by atoms with Gasteiger partial charge in [0.15, 0.2) is 0 Å². The van der Waals surface area contributed by atoms with Gasteiger partial charge in [-0.1, -0.05) is 25.1 Å². The molecule has 0 amide bonds. The number of fused-ring (bicyclic) bond motifs is 1. The Morgan fingerprint density at radius 1 is 1.38 bits per heavy atom. The zero-order valence-electron chi connectivity index (χ0n) is 12.8. The SMILES string of the molecule is CCNCc1cc2ccccc2nc1N1CCC(OC)C1. The van der Waals surface area contributed by atoms with E-state index in [0.717, 1.165) is 43.9 Å². The number of benzene rings is 1. The Morgan fingerprint density at radius 2 is 2.24 bits per heavy atom. The number of rotatable bonds is 5. The van der Waals surface area contributed by atoms with Gasteiger partial charge in [-0.2, -0.15) is 0 Å². The van der Waals surface area contributed by atoms with E-state index in [0.29, 0.717) is 6.10 Å². The van der Waals surface area contributed by atoms with Gasteiger partial charge in [0.2, 0.25) is 0 Å². The van der Waals surface area contributed by atoms with Crippen LogP contribution in [0.4, 0.5) is 5.82 Å². The Bertz CT molecular complexity index is 614. The lowest BCUT2D eigenvalue weighted by Crippen LogP contribution is -2.25. The number of pyridine rings is 1. The molecule has 4 heteroatoms. The molecular weight excluding hydrogens is 262 g/mol. The highest BCUT2D eigenvalue weighted by Crippen LogP contribution is 2.27. The Hall–Kier alpha value is -1.65. The van der Waals surface area contributed by atoms with Crippen molar-refractivity contribution >= 4 is 16.7 Å². The Morgan fingerprint density at radius 3 is 3.00 bits per heavy atom. The first-order valence-corrected chi connectivity index (χ1v) is 7.69. The summed E-state index contributed by atoms with van der Waals surface area (Å²) in [7, 11) is 1.79. The number of ether oxygens (including phenoxy) is 1. The summed E-state index contributed by atoms with van der Waals surface area (Å²) in [6.07, 6.45) is 1.40. The second-order valence-electron chi connectivity index (χ2n) is 5.54. The van der Waals surface area contributed by atoms with Crippen LogP contribution < -0.4 is 10.2 Å². The van der Waals surface area contributed by atoms with E-state index < -0.39 is 0 Å². The number of para-hydroxylation sites is 1. The van der Waals surface area contributed by atoms with Gasteiger partial charge < -0.3 is 15.0 Å². The first-order valence-electron chi connectivity index (χ1n) is 7.69. The number of methoxy groups -OCH3 is 1. The molecule has 1 atom stereocenters. The molecular formula is C17H23N3O. The van der Waals surface area contributed by atoms with Crippen molar-refractivity contribution < 1.29 is 4.74 Å². The Balaban J connectivity index is 1.97. The molecule has 1 fully saturated rings. The molecule has 0 aliphatic carbocycles. The lowest BCUT2D eigenvalue weighted by Gasteiger charge is -2.21. The molecule has 2 aromatic rings. The topological polar surface area (TPSA) is 37.4 Å². The van der Waals surface area contributed by atoms with Crippen LogP contribution in [0.5, 0.6) is 0 Å². The van der Waals surface area contributed by atoms with Crippen LogP contribution in [-0.2, 0) is 11.3 Å². The van der Waals surface area contributed by atoms with Crippen molar-refractivity contribution in [2.75, 3.05) is 31.6 Å². The van der Waals surface area contributed by atoms with Crippen LogP contribution in [0.1, 0.15) is 18.9 Å². The number of nitrogens with zero attached hydrogens (tertiary/aromatic N) is 2. The van der Waals surface area contributed by atoms with E-state index in [1.807, 2.05) is 6.07 Å². The number of nitrogens with one attached hydrogen (secondary N) is 1. The predicted molar refractivity (Wildman–Crippen MR) is 86.8 cm³/mol. The maximum Gasteiger partial charge on any atom is 0.133 e. The highest BCUT2D eigenvalue weighted by Gasteiger charge is 2.25. The molecule has 112 valence electrons. The van der Waals surface area contributed by atoms with E-state index in [4.69, 9.17) is 9.72 Å². The minimum atomic E-state index is 0.324. The minimum Gasteiger partial charge on any atom is -0.380 e. The number of hydrogen-bond acceptors (Lipinski definition) is 4. The molecule has 21 heavy (non-hydrogen) atoms. The van der Waals surface area contributed by atoms with Crippen LogP contribution in [0.15, 0.2) is 30.3 Å². The van der Waals surface area contributed by atoms with Crippen LogP contribution in [0.25, 0.3) is 10.9 Å². The first-order chi connectivity index (χ1) is 10.3. The Labute approximate surface area is 126 Å². The van der Waals surface area contributed by atoms with Gasteiger partial charge in [-0.25, -0.2) is 4.98 Å². The van der Waals surface area contributed by atoms with Crippen molar-refractivity contribution in [3.8, 4) is 0 Å². The summed E-state index contributed by atoms with van der Waals surface area (Å²) in [5.74, 6) is 1.11. The second-order valence-corrected chi connectivity index (χ2v) is 5.54. The third-order valence-corrected chi connectivity index (χ3v) is 4.12. The van der Waals surface area contributed by atoms with Crippen molar-refractivity contribution in [1.29, 1.82) is 0 Å². The van der Waals surface area contributed by atoms with Gasteiger partial charge >= 0.3 is 0 Å². The molecule has 3 rings (SSSR count). The molecule has 0 bridgehead atoms. The van der Waals surface area contributed by atoms with Gasteiger partial charge in [0.05, 0.1) is 11.6 Å². The molecule has 2 heterocycles. The van der Waals surface area contributed by atoms with Gasteiger partial charge in [0.1, 0.15) is 5.82 Å². The average molecular weight is 285 g/mol. The molecule has 1 aliphatic heterocycles.